The number of carbonyl (C=O) groups excluding carboxylic acids is 1. The van der Waals surface area contributed by atoms with Crippen molar-refractivity contribution in [2.24, 2.45) is 0 Å². The standard InChI is InChI=1S/C34H27N3O3/c38-34-30-20-27(37(39)40)17-19-31(30)35(21-23-8-3-1-4-9-23)33(36(34)22-24-10-5-2-6-11-24)29-18-16-26-15-14-25-12-7-13-28(29)32(25)26/h1-13,16-20,33H,14-15,21-22H2/t33-/m0/s1. The van der Waals surface area contributed by atoms with Crippen LogP contribution in [0.4, 0.5) is 11.4 Å². The minimum Gasteiger partial charge on any atom is -0.342 e. The van der Waals surface area contributed by atoms with Gasteiger partial charge in [0, 0.05) is 30.8 Å². The third-order valence-corrected chi connectivity index (χ3v) is 8.16. The Morgan fingerprint density at radius 3 is 2.05 bits per heavy atom. The Bertz CT molecular complexity index is 1760. The van der Waals surface area contributed by atoms with E-state index in [0.29, 0.717) is 24.3 Å². The van der Waals surface area contributed by atoms with Crippen LogP contribution in [0, 0.1) is 10.1 Å². The molecule has 6 heteroatoms. The lowest BCUT2D eigenvalue weighted by Gasteiger charge is -2.46. The van der Waals surface area contributed by atoms with Gasteiger partial charge in [0.05, 0.1) is 16.2 Å². The Morgan fingerprint density at radius 2 is 1.38 bits per heavy atom. The molecule has 2 aliphatic rings. The molecular weight excluding hydrogens is 498 g/mol. The lowest BCUT2D eigenvalue weighted by Crippen LogP contribution is -2.48. The van der Waals surface area contributed by atoms with E-state index in [2.05, 4.69) is 47.4 Å². The van der Waals surface area contributed by atoms with Gasteiger partial charge in [-0.3, -0.25) is 14.9 Å². The first-order chi connectivity index (χ1) is 19.6. The molecule has 40 heavy (non-hydrogen) atoms. The number of non-ortho nitro benzene ring substituents is 1. The van der Waals surface area contributed by atoms with E-state index < -0.39 is 11.1 Å². The van der Waals surface area contributed by atoms with E-state index in [-0.39, 0.29) is 11.6 Å². The molecule has 0 unspecified atom stereocenters. The molecule has 0 saturated heterocycles. The van der Waals surface area contributed by atoms with Gasteiger partial charge in [-0.25, -0.2) is 0 Å². The number of nitro benzene ring substituents is 1. The molecule has 1 atom stereocenters. The highest BCUT2D eigenvalue weighted by molar-refractivity contribution is 6.03. The summed E-state index contributed by atoms with van der Waals surface area (Å²) < 4.78 is 0. The summed E-state index contributed by atoms with van der Waals surface area (Å²) >= 11 is 0. The first-order valence-corrected chi connectivity index (χ1v) is 13.6. The molecule has 0 radical (unpaired) electrons. The summed E-state index contributed by atoms with van der Waals surface area (Å²) in [5, 5.41) is 14.2. The molecule has 0 spiro atoms. The Kier molecular flexibility index (Phi) is 5.81. The van der Waals surface area contributed by atoms with Crippen molar-refractivity contribution in [3.8, 4) is 0 Å². The molecule has 7 rings (SSSR count). The summed E-state index contributed by atoms with van der Waals surface area (Å²) in [6.45, 7) is 0.915. The van der Waals surface area contributed by atoms with Gasteiger partial charge in [-0.2, -0.15) is 0 Å². The summed E-state index contributed by atoms with van der Waals surface area (Å²) in [4.78, 5) is 29.7. The van der Waals surface area contributed by atoms with Crippen molar-refractivity contribution >= 4 is 28.1 Å². The minimum absolute atomic E-state index is 0.0878. The van der Waals surface area contributed by atoms with E-state index in [1.807, 2.05) is 53.4 Å². The molecule has 0 N–H and O–H groups in total. The molecule has 5 aromatic carbocycles. The SMILES string of the molecule is O=C1c2cc([N+](=O)[O-])ccc2N(Cc2ccccc2)[C@H](c2ccc3c4c(cccc24)CC3)N1Cc1ccccc1. The predicted octanol–water partition coefficient (Wildman–Crippen LogP) is 7.21. The van der Waals surface area contributed by atoms with E-state index in [1.165, 1.54) is 28.6 Å². The van der Waals surface area contributed by atoms with Gasteiger partial charge in [0.15, 0.2) is 0 Å². The molecular formula is C34H27N3O3. The Hall–Kier alpha value is -4.97. The Balaban J connectivity index is 1.48. The van der Waals surface area contributed by atoms with Crippen molar-refractivity contribution in [3.63, 3.8) is 0 Å². The second kappa shape index (κ2) is 9.65. The number of benzene rings is 5. The molecule has 0 saturated carbocycles. The second-order valence-electron chi connectivity index (χ2n) is 10.5. The largest absolute Gasteiger partial charge is 0.342 e. The van der Waals surface area contributed by atoms with Crippen molar-refractivity contribution in [3.05, 3.63) is 153 Å². The number of rotatable bonds is 6. The summed E-state index contributed by atoms with van der Waals surface area (Å²) in [6, 6.07) is 35.6. The van der Waals surface area contributed by atoms with Crippen molar-refractivity contribution in [1.82, 2.24) is 4.90 Å². The summed E-state index contributed by atoms with van der Waals surface area (Å²) in [6.07, 6.45) is 1.63. The fraction of sp³-hybridized carbons (Fsp3) is 0.147. The fourth-order valence-electron chi connectivity index (χ4n) is 6.35. The zero-order chi connectivity index (χ0) is 27.2. The molecule has 1 aliphatic carbocycles. The monoisotopic (exact) mass is 525 g/mol. The van der Waals surface area contributed by atoms with Crippen LogP contribution in [0.1, 0.15) is 44.3 Å². The molecule has 1 aliphatic heterocycles. The number of aryl methyl sites for hydroxylation is 2. The lowest BCUT2D eigenvalue weighted by molar-refractivity contribution is -0.384. The van der Waals surface area contributed by atoms with Gasteiger partial charge in [0.1, 0.15) is 6.17 Å². The third kappa shape index (κ3) is 4.00. The molecule has 0 fully saturated rings. The highest BCUT2D eigenvalue weighted by atomic mass is 16.6. The van der Waals surface area contributed by atoms with E-state index in [1.54, 1.807) is 6.07 Å². The van der Waals surface area contributed by atoms with Crippen LogP contribution in [0.5, 0.6) is 0 Å². The lowest BCUT2D eigenvalue weighted by atomic mass is 9.93. The topological polar surface area (TPSA) is 66.7 Å². The molecule has 6 nitrogen and oxygen atoms in total. The number of nitro groups is 1. The zero-order valence-electron chi connectivity index (χ0n) is 21.9. The molecule has 1 amide bonds. The van der Waals surface area contributed by atoms with E-state index in [0.717, 1.165) is 34.9 Å². The molecule has 5 aromatic rings. The Morgan fingerprint density at radius 1 is 0.725 bits per heavy atom. The highest BCUT2D eigenvalue weighted by Crippen LogP contribution is 2.45. The van der Waals surface area contributed by atoms with Gasteiger partial charge in [-0.15, -0.1) is 0 Å². The molecule has 1 heterocycles. The van der Waals surface area contributed by atoms with Gasteiger partial charge in [-0.05, 0) is 51.9 Å². The first-order valence-electron chi connectivity index (χ1n) is 13.6. The van der Waals surface area contributed by atoms with Gasteiger partial charge >= 0.3 is 0 Å². The predicted molar refractivity (Wildman–Crippen MR) is 156 cm³/mol. The number of hydrogen-bond acceptors (Lipinski definition) is 4. The van der Waals surface area contributed by atoms with Gasteiger partial charge in [-0.1, -0.05) is 91.0 Å². The third-order valence-electron chi connectivity index (χ3n) is 8.16. The second-order valence-corrected chi connectivity index (χ2v) is 10.5. The van der Waals surface area contributed by atoms with Crippen LogP contribution in [-0.2, 0) is 25.9 Å². The minimum atomic E-state index is -0.439. The number of fused-ring (bicyclic) bond motifs is 1. The summed E-state index contributed by atoms with van der Waals surface area (Å²) in [7, 11) is 0. The van der Waals surface area contributed by atoms with Crippen molar-refractivity contribution < 1.29 is 9.72 Å². The molecule has 196 valence electrons. The summed E-state index contributed by atoms with van der Waals surface area (Å²) in [5.41, 5.74) is 6.81. The van der Waals surface area contributed by atoms with E-state index >= 15 is 0 Å². The number of hydrogen-bond donors (Lipinski definition) is 0. The van der Waals surface area contributed by atoms with E-state index in [9.17, 15) is 14.9 Å². The first kappa shape index (κ1) is 24.1. The average molecular weight is 526 g/mol. The highest BCUT2D eigenvalue weighted by Gasteiger charge is 2.40. The smallest absolute Gasteiger partial charge is 0.270 e. The summed E-state index contributed by atoms with van der Waals surface area (Å²) in [5.74, 6) is -0.208. The molecule has 0 bridgehead atoms. The van der Waals surface area contributed by atoms with Crippen molar-refractivity contribution in [2.75, 3.05) is 4.90 Å². The van der Waals surface area contributed by atoms with Gasteiger partial charge in [0.25, 0.3) is 11.6 Å². The Labute approximate surface area is 232 Å². The van der Waals surface area contributed by atoms with Gasteiger partial charge in [0.2, 0.25) is 0 Å². The van der Waals surface area contributed by atoms with Gasteiger partial charge < -0.3 is 9.80 Å². The van der Waals surface area contributed by atoms with E-state index in [4.69, 9.17) is 0 Å². The zero-order valence-corrected chi connectivity index (χ0v) is 21.9. The van der Waals surface area contributed by atoms with Crippen LogP contribution in [0.2, 0.25) is 0 Å². The maximum atomic E-state index is 14.3. The van der Waals surface area contributed by atoms with Crippen molar-refractivity contribution in [1.29, 1.82) is 0 Å². The van der Waals surface area contributed by atoms with Crippen LogP contribution < -0.4 is 4.90 Å². The quantitative estimate of drug-likeness (QED) is 0.174. The number of anilines is 1. The van der Waals surface area contributed by atoms with Crippen molar-refractivity contribution in [2.45, 2.75) is 32.1 Å². The van der Waals surface area contributed by atoms with Crippen LogP contribution in [0.25, 0.3) is 10.8 Å². The number of nitrogens with zero attached hydrogens (tertiary/aromatic N) is 3. The van der Waals surface area contributed by atoms with Crippen LogP contribution >= 0.6 is 0 Å². The van der Waals surface area contributed by atoms with Crippen LogP contribution in [0.15, 0.2) is 109 Å². The average Bonchev–Trinajstić information content (AvgIpc) is 3.41. The van der Waals surface area contributed by atoms with Crippen LogP contribution in [0.3, 0.4) is 0 Å². The molecule has 0 aromatic heterocycles. The van der Waals surface area contributed by atoms with Crippen LogP contribution in [-0.4, -0.2) is 15.7 Å². The maximum absolute atomic E-state index is 14.3. The maximum Gasteiger partial charge on any atom is 0.270 e. The number of carbonyl (C=O) groups is 1. The number of amides is 1. The fourth-order valence-corrected chi connectivity index (χ4v) is 6.35. The normalized spacial score (nSPS) is 15.9.